The lowest BCUT2D eigenvalue weighted by atomic mass is 10.1. The van der Waals surface area contributed by atoms with E-state index in [0.29, 0.717) is 24.3 Å². The maximum Gasteiger partial charge on any atom is 0.226 e. The van der Waals surface area contributed by atoms with Crippen molar-refractivity contribution in [3.8, 4) is 0 Å². The number of hydrogen-bond acceptors (Lipinski definition) is 2. The molecule has 0 saturated heterocycles. The Morgan fingerprint density at radius 3 is 2.65 bits per heavy atom. The molecule has 2 aromatic carbocycles. The predicted molar refractivity (Wildman–Crippen MR) is 77.8 cm³/mol. The van der Waals surface area contributed by atoms with Crippen LogP contribution in [0, 0.1) is 12.7 Å². The number of carbonyl (C=O) groups excluding carboxylic acids is 1. The van der Waals surface area contributed by atoms with Gasteiger partial charge in [0.15, 0.2) is 0 Å². The van der Waals surface area contributed by atoms with E-state index in [-0.39, 0.29) is 11.7 Å². The summed E-state index contributed by atoms with van der Waals surface area (Å²) in [5.74, 6) is -0.357. The summed E-state index contributed by atoms with van der Waals surface area (Å²) in [7, 11) is 0. The Hall–Kier alpha value is -2.36. The quantitative estimate of drug-likeness (QED) is 0.858. The lowest BCUT2D eigenvalue weighted by Crippen LogP contribution is -2.19. The van der Waals surface area contributed by atoms with Gasteiger partial charge in [0.1, 0.15) is 5.82 Å². The number of aryl methyl sites for hydroxylation is 1. The third kappa shape index (κ3) is 2.37. The first-order chi connectivity index (χ1) is 9.63. The summed E-state index contributed by atoms with van der Waals surface area (Å²) in [6.45, 7) is 2.55. The Kier molecular flexibility index (Phi) is 3.14. The number of anilines is 3. The van der Waals surface area contributed by atoms with Crippen molar-refractivity contribution in [1.29, 1.82) is 0 Å². The number of nitrogens with one attached hydrogen (secondary N) is 1. The average molecular weight is 270 g/mol. The molecule has 1 aliphatic heterocycles. The minimum Gasteiger partial charge on any atom is -0.339 e. The van der Waals surface area contributed by atoms with Crippen molar-refractivity contribution in [3.63, 3.8) is 0 Å². The molecule has 1 amide bonds. The highest BCUT2D eigenvalue weighted by Gasteiger charge is 2.20. The molecule has 3 nitrogen and oxygen atoms in total. The van der Waals surface area contributed by atoms with Gasteiger partial charge < -0.3 is 10.2 Å². The molecular weight excluding hydrogens is 255 g/mol. The Balaban J connectivity index is 2.09. The first kappa shape index (κ1) is 12.7. The van der Waals surface area contributed by atoms with E-state index in [0.717, 1.165) is 11.3 Å². The van der Waals surface area contributed by atoms with Crippen LogP contribution in [0.15, 0.2) is 42.5 Å². The summed E-state index contributed by atoms with van der Waals surface area (Å²) in [4.78, 5) is 13.7. The highest BCUT2D eigenvalue weighted by Crippen LogP contribution is 2.35. The minimum absolute atomic E-state index is 0.0486. The molecule has 0 fully saturated rings. The molecule has 102 valence electrons. The summed E-state index contributed by atoms with van der Waals surface area (Å²) in [6, 6.07) is 12.4. The fraction of sp³-hybridized carbons (Fsp3) is 0.188. The highest BCUT2D eigenvalue weighted by molar-refractivity contribution is 5.97. The number of amides is 1. The van der Waals surface area contributed by atoms with Crippen LogP contribution in [0.4, 0.5) is 21.5 Å². The van der Waals surface area contributed by atoms with Crippen LogP contribution in [-0.2, 0) is 4.79 Å². The molecule has 1 N–H and O–H groups in total. The summed E-state index contributed by atoms with van der Waals surface area (Å²) >= 11 is 0. The lowest BCUT2D eigenvalue weighted by Gasteiger charge is -2.24. The van der Waals surface area contributed by atoms with Gasteiger partial charge in [0.05, 0.1) is 11.4 Å². The molecule has 0 unspecified atom stereocenters. The van der Waals surface area contributed by atoms with Gasteiger partial charge in [-0.2, -0.15) is 0 Å². The Morgan fingerprint density at radius 2 is 1.90 bits per heavy atom. The van der Waals surface area contributed by atoms with Crippen molar-refractivity contribution in [1.82, 2.24) is 0 Å². The maximum atomic E-state index is 13.5. The average Bonchev–Trinajstić information content (AvgIpc) is 2.58. The van der Waals surface area contributed by atoms with Gasteiger partial charge in [-0.3, -0.25) is 4.79 Å². The zero-order valence-corrected chi connectivity index (χ0v) is 11.2. The normalized spacial score (nSPS) is 14.5. The van der Waals surface area contributed by atoms with Crippen LogP contribution < -0.4 is 10.2 Å². The lowest BCUT2D eigenvalue weighted by molar-refractivity contribution is -0.115. The summed E-state index contributed by atoms with van der Waals surface area (Å²) < 4.78 is 13.5. The van der Waals surface area contributed by atoms with Crippen LogP contribution in [0.5, 0.6) is 0 Å². The van der Waals surface area contributed by atoms with E-state index in [2.05, 4.69) is 5.32 Å². The number of carbonyl (C=O) groups is 1. The van der Waals surface area contributed by atoms with Crippen LogP contribution >= 0.6 is 0 Å². The van der Waals surface area contributed by atoms with Crippen molar-refractivity contribution in [3.05, 3.63) is 53.8 Å². The summed E-state index contributed by atoms with van der Waals surface area (Å²) in [5, 5.41) is 2.81. The molecule has 1 heterocycles. The third-order valence-corrected chi connectivity index (χ3v) is 3.43. The van der Waals surface area contributed by atoms with Crippen LogP contribution in [0.3, 0.4) is 0 Å². The fourth-order valence-electron chi connectivity index (χ4n) is 2.37. The molecule has 0 aromatic heterocycles. The van der Waals surface area contributed by atoms with Crippen LogP contribution in [0.25, 0.3) is 0 Å². The number of benzene rings is 2. The molecule has 4 heteroatoms. The van der Waals surface area contributed by atoms with E-state index in [4.69, 9.17) is 0 Å². The molecule has 0 aliphatic carbocycles. The van der Waals surface area contributed by atoms with E-state index in [1.165, 1.54) is 12.1 Å². The van der Waals surface area contributed by atoms with E-state index in [1.54, 1.807) is 6.07 Å². The summed E-state index contributed by atoms with van der Waals surface area (Å²) in [5.41, 5.74) is 3.46. The number of halogens is 1. The van der Waals surface area contributed by atoms with Crippen molar-refractivity contribution in [2.24, 2.45) is 0 Å². The van der Waals surface area contributed by atoms with E-state index < -0.39 is 0 Å². The van der Waals surface area contributed by atoms with Gasteiger partial charge in [-0.05, 0) is 37.3 Å². The minimum atomic E-state index is -0.308. The van der Waals surface area contributed by atoms with Gasteiger partial charge in [-0.15, -0.1) is 0 Å². The molecular formula is C16H15FN2O. The SMILES string of the molecule is Cc1ccc(N2CCC(=O)Nc3ccc(F)cc32)cc1. The Morgan fingerprint density at radius 1 is 1.15 bits per heavy atom. The second-order valence-electron chi connectivity index (χ2n) is 4.95. The first-order valence-corrected chi connectivity index (χ1v) is 6.57. The van der Waals surface area contributed by atoms with Crippen molar-refractivity contribution >= 4 is 23.0 Å². The first-order valence-electron chi connectivity index (χ1n) is 6.57. The number of fused-ring (bicyclic) bond motifs is 1. The Labute approximate surface area is 117 Å². The molecule has 0 radical (unpaired) electrons. The zero-order chi connectivity index (χ0) is 14.1. The van der Waals surface area contributed by atoms with Crippen LogP contribution in [0.1, 0.15) is 12.0 Å². The Bertz CT molecular complexity index is 652. The molecule has 0 spiro atoms. The highest BCUT2D eigenvalue weighted by atomic mass is 19.1. The standard InChI is InChI=1S/C16H15FN2O/c1-11-2-5-13(6-3-11)19-9-8-16(20)18-14-7-4-12(17)10-15(14)19/h2-7,10H,8-9H2,1H3,(H,18,20). The second-order valence-corrected chi connectivity index (χ2v) is 4.95. The zero-order valence-electron chi connectivity index (χ0n) is 11.2. The van der Waals surface area contributed by atoms with E-state index in [1.807, 2.05) is 36.1 Å². The van der Waals surface area contributed by atoms with Crippen molar-refractivity contribution in [2.75, 3.05) is 16.8 Å². The van der Waals surface area contributed by atoms with Gasteiger partial charge in [-0.25, -0.2) is 4.39 Å². The third-order valence-electron chi connectivity index (χ3n) is 3.43. The molecule has 0 bridgehead atoms. The van der Waals surface area contributed by atoms with E-state index in [9.17, 15) is 9.18 Å². The molecule has 3 rings (SSSR count). The number of nitrogens with zero attached hydrogens (tertiary/aromatic N) is 1. The van der Waals surface area contributed by atoms with Gasteiger partial charge >= 0.3 is 0 Å². The number of hydrogen-bond donors (Lipinski definition) is 1. The maximum absolute atomic E-state index is 13.5. The van der Waals surface area contributed by atoms with Crippen LogP contribution in [0.2, 0.25) is 0 Å². The second kappa shape index (κ2) is 4.96. The van der Waals surface area contributed by atoms with Gasteiger partial charge in [-0.1, -0.05) is 17.7 Å². The smallest absolute Gasteiger partial charge is 0.226 e. The van der Waals surface area contributed by atoms with Crippen LogP contribution in [-0.4, -0.2) is 12.5 Å². The predicted octanol–water partition coefficient (Wildman–Crippen LogP) is 3.61. The van der Waals surface area contributed by atoms with Crippen molar-refractivity contribution < 1.29 is 9.18 Å². The number of rotatable bonds is 1. The summed E-state index contributed by atoms with van der Waals surface area (Å²) in [6.07, 6.45) is 0.379. The molecule has 2 aromatic rings. The molecule has 1 aliphatic rings. The monoisotopic (exact) mass is 270 g/mol. The molecule has 20 heavy (non-hydrogen) atoms. The molecule has 0 saturated carbocycles. The largest absolute Gasteiger partial charge is 0.339 e. The molecule has 0 atom stereocenters. The van der Waals surface area contributed by atoms with Gasteiger partial charge in [0.2, 0.25) is 5.91 Å². The van der Waals surface area contributed by atoms with Gasteiger partial charge in [0, 0.05) is 18.7 Å². The van der Waals surface area contributed by atoms with Crippen molar-refractivity contribution in [2.45, 2.75) is 13.3 Å². The topological polar surface area (TPSA) is 32.3 Å². The van der Waals surface area contributed by atoms with Gasteiger partial charge in [0.25, 0.3) is 0 Å². The fourth-order valence-corrected chi connectivity index (χ4v) is 2.37. The van der Waals surface area contributed by atoms with E-state index >= 15 is 0 Å².